The highest BCUT2D eigenvalue weighted by atomic mass is 32.2. The molecule has 1 aromatic carbocycles. The first-order valence-corrected chi connectivity index (χ1v) is 8.69. The third-order valence-corrected chi connectivity index (χ3v) is 5.35. The molecule has 0 atom stereocenters. The molecule has 0 radical (unpaired) electrons. The van der Waals surface area contributed by atoms with Gasteiger partial charge in [-0.1, -0.05) is 0 Å². The third kappa shape index (κ3) is 3.28. The summed E-state index contributed by atoms with van der Waals surface area (Å²) in [6, 6.07) is 6.14. The van der Waals surface area contributed by atoms with Gasteiger partial charge in [0.1, 0.15) is 0 Å². The Morgan fingerprint density at radius 1 is 1.36 bits per heavy atom. The Kier molecular flexibility index (Phi) is 4.69. The lowest BCUT2D eigenvalue weighted by Gasteiger charge is -2.32. The molecule has 2 aliphatic heterocycles. The number of rotatable bonds is 2. The van der Waals surface area contributed by atoms with E-state index >= 15 is 0 Å². The predicted octanol–water partition coefficient (Wildman–Crippen LogP) is 1.94. The molecule has 3 rings (SSSR count). The number of likely N-dealkylation sites (tertiary alicyclic amines) is 1. The van der Waals surface area contributed by atoms with Gasteiger partial charge in [0, 0.05) is 41.8 Å². The topological polar surface area (TPSA) is 61.4 Å². The molecule has 0 aromatic heterocycles. The normalized spacial score (nSPS) is 19.3. The molecule has 0 bridgehead atoms. The summed E-state index contributed by atoms with van der Waals surface area (Å²) in [4.78, 5) is 27.2. The maximum Gasteiger partial charge on any atom is 0.253 e. The molecular formula is C16H21N3O2S. The summed E-state index contributed by atoms with van der Waals surface area (Å²) in [6.45, 7) is 1.56. The van der Waals surface area contributed by atoms with Crippen molar-refractivity contribution in [3.8, 4) is 0 Å². The number of hydrogen-bond donors (Lipinski definition) is 2. The van der Waals surface area contributed by atoms with Crippen molar-refractivity contribution in [2.75, 3.05) is 31.2 Å². The van der Waals surface area contributed by atoms with E-state index in [1.54, 1.807) is 11.8 Å². The molecule has 0 unspecified atom stereocenters. The smallest absolute Gasteiger partial charge is 0.253 e. The molecule has 2 aliphatic rings. The minimum absolute atomic E-state index is 0.0192. The highest BCUT2D eigenvalue weighted by Crippen LogP contribution is 2.32. The standard InChI is InChI=1S/C16H21N3O2S/c1-17-12-4-7-19(8-5-12)16(21)11-2-3-14-13(10-11)18-15(20)6-9-22-14/h2-3,10,12,17H,4-9H2,1H3,(H,18,20). The predicted molar refractivity (Wildman–Crippen MR) is 88.4 cm³/mol. The first kappa shape index (κ1) is 15.4. The minimum atomic E-state index is 0.0192. The summed E-state index contributed by atoms with van der Waals surface area (Å²) in [5.41, 5.74) is 1.42. The van der Waals surface area contributed by atoms with Crippen LogP contribution in [0, 0.1) is 0 Å². The van der Waals surface area contributed by atoms with E-state index < -0.39 is 0 Å². The molecule has 1 fully saturated rings. The molecule has 0 saturated carbocycles. The van der Waals surface area contributed by atoms with E-state index in [1.807, 2.05) is 30.1 Å². The molecule has 1 saturated heterocycles. The zero-order valence-corrected chi connectivity index (χ0v) is 13.5. The Morgan fingerprint density at radius 3 is 2.86 bits per heavy atom. The van der Waals surface area contributed by atoms with Crippen LogP contribution in [0.2, 0.25) is 0 Å². The van der Waals surface area contributed by atoms with Crippen LogP contribution in [0.15, 0.2) is 23.1 Å². The van der Waals surface area contributed by atoms with Gasteiger partial charge in [0.05, 0.1) is 5.69 Å². The number of anilines is 1. The molecule has 2 heterocycles. The van der Waals surface area contributed by atoms with Crippen LogP contribution in [0.5, 0.6) is 0 Å². The zero-order valence-electron chi connectivity index (χ0n) is 12.7. The molecular weight excluding hydrogens is 298 g/mol. The van der Waals surface area contributed by atoms with Crippen LogP contribution in [0.25, 0.3) is 0 Å². The van der Waals surface area contributed by atoms with Crippen molar-refractivity contribution >= 4 is 29.3 Å². The fourth-order valence-electron chi connectivity index (χ4n) is 2.91. The second-order valence-corrected chi connectivity index (χ2v) is 6.85. The van der Waals surface area contributed by atoms with Gasteiger partial charge in [-0.05, 0) is 38.1 Å². The van der Waals surface area contributed by atoms with Gasteiger partial charge in [0.15, 0.2) is 0 Å². The molecule has 0 spiro atoms. The maximum atomic E-state index is 12.6. The SMILES string of the molecule is CNC1CCN(C(=O)c2ccc3c(c2)NC(=O)CCS3)CC1. The average Bonchev–Trinajstić information content (AvgIpc) is 2.74. The van der Waals surface area contributed by atoms with Crippen molar-refractivity contribution in [2.45, 2.75) is 30.2 Å². The molecule has 2 N–H and O–H groups in total. The number of nitrogens with one attached hydrogen (secondary N) is 2. The largest absolute Gasteiger partial charge is 0.339 e. The number of carbonyl (C=O) groups is 2. The summed E-state index contributed by atoms with van der Waals surface area (Å²) < 4.78 is 0. The Hall–Kier alpha value is -1.53. The van der Waals surface area contributed by atoms with Crippen LogP contribution in [-0.4, -0.2) is 48.6 Å². The van der Waals surface area contributed by atoms with E-state index in [0.717, 1.165) is 42.3 Å². The fourth-order valence-corrected chi connectivity index (χ4v) is 3.84. The van der Waals surface area contributed by atoms with Gasteiger partial charge in [0.25, 0.3) is 5.91 Å². The van der Waals surface area contributed by atoms with E-state index in [0.29, 0.717) is 18.0 Å². The second kappa shape index (κ2) is 6.71. The molecule has 1 aromatic rings. The number of amides is 2. The van der Waals surface area contributed by atoms with Crippen molar-refractivity contribution in [3.05, 3.63) is 23.8 Å². The van der Waals surface area contributed by atoms with Gasteiger partial charge in [-0.25, -0.2) is 0 Å². The summed E-state index contributed by atoms with van der Waals surface area (Å²) in [7, 11) is 1.97. The number of hydrogen-bond acceptors (Lipinski definition) is 4. The molecule has 118 valence electrons. The van der Waals surface area contributed by atoms with Crippen molar-refractivity contribution in [1.29, 1.82) is 0 Å². The van der Waals surface area contributed by atoms with Crippen LogP contribution in [0.1, 0.15) is 29.6 Å². The lowest BCUT2D eigenvalue weighted by molar-refractivity contribution is -0.115. The van der Waals surface area contributed by atoms with Crippen LogP contribution in [0.3, 0.4) is 0 Å². The van der Waals surface area contributed by atoms with Crippen LogP contribution < -0.4 is 10.6 Å². The van der Waals surface area contributed by atoms with Crippen LogP contribution >= 0.6 is 11.8 Å². The quantitative estimate of drug-likeness (QED) is 0.874. The molecule has 22 heavy (non-hydrogen) atoms. The van der Waals surface area contributed by atoms with E-state index in [4.69, 9.17) is 0 Å². The van der Waals surface area contributed by atoms with Crippen molar-refractivity contribution in [3.63, 3.8) is 0 Å². The first-order valence-electron chi connectivity index (χ1n) is 7.70. The minimum Gasteiger partial charge on any atom is -0.339 e. The lowest BCUT2D eigenvalue weighted by atomic mass is 10.0. The number of benzene rings is 1. The zero-order chi connectivity index (χ0) is 15.5. The second-order valence-electron chi connectivity index (χ2n) is 5.71. The third-order valence-electron chi connectivity index (χ3n) is 4.28. The average molecular weight is 319 g/mol. The highest BCUT2D eigenvalue weighted by Gasteiger charge is 2.24. The number of piperidine rings is 1. The molecule has 5 nitrogen and oxygen atoms in total. The summed E-state index contributed by atoms with van der Waals surface area (Å²) in [5, 5.41) is 6.16. The lowest BCUT2D eigenvalue weighted by Crippen LogP contribution is -2.43. The van der Waals surface area contributed by atoms with Crippen molar-refractivity contribution in [1.82, 2.24) is 10.2 Å². The molecule has 6 heteroatoms. The number of fused-ring (bicyclic) bond motifs is 1. The van der Waals surface area contributed by atoms with Gasteiger partial charge in [-0.3, -0.25) is 9.59 Å². The maximum absolute atomic E-state index is 12.6. The Balaban J connectivity index is 1.75. The Bertz CT molecular complexity index is 583. The Morgan fingerprint density at radius 2 is 2.14 bits per heavy atom. The van der Waals surface area contributed by atoms with E-state index in [1.165, 1.54) is 0 Å². The van der Waals surface area contributed by atoms with E-state index in [9.17, 15) is 9.59 Å². The van der Waals surface area contributed by atoms with Crippen LogP contribution in [-0.2, 0) is 4.79 Å². The monoisotopic (exact) mass is 319 g/mol. The van der Waals surface area contributed by atoms with Gasteiger partial charge < -0.3 is 15.5 Å². The number of thioether (sulfide) groups is 1. The number of carbonyl (C=O) groups excluding carboxylic acids is 2. The van der Waals surface area contributed by atoms with Gasteiger partial charge >= 0.3 is 0 Å². The fraction of sp³-hybridized carbons (Fsp3) is 0.500. The summed E-state index contributed by atoms with van der Waals surface area (Å²) in [6.07, 6.45) is 2.49. The first-order chi connectivity index (χ1) is 10.7. The van der Waals surface area contributed by atoms with Gasteiger partial charge in [-0.15, -0.1) is 11.8 Å². The molecule has 2 amide bonds. The van der Waals surface area contributed by atoms with Crippen molar-refractivity contribution in [2.24, 2.45) is 0 Å². The van der Waals surface area contributed by atoms with Crippen LogP contribution in [0.4, 0.5) is 5.69 Å². The summed E-state index contributed by atoms with van der Waals surface area (Å²) in [5.74, 6) is 0.857. The highest BCUT2D eigenvalue weighted by molar-refractivity contribution is 7.99. The molecule has 0 aliphatic carbocycles. The van der Waals surface area contributed by atoms with Gasteiger partial charge in [-0.2, -0.15) is 0 Å². The summed E-state index contributed by atoms with van der Waals surface area (Å²) >= 11 is 1.66. The van der Waals surface area contributed by atoms with E-state index in [-0.39, 0.29) is 11.8 Å². The van der Waals surface area contributed by atoms with Gasteiger partial charge in [0.2, 0.25) is 5.91 Å². The Labute approximate surface area is 134 Å². The van der Waals surface area contributed by atoms with Crippen molar-refractivity contribution < 1.29 is 9.59 Å². The number of nitrogens with zero attached hydrogens (tertiary/aromatic N) is 1. The van der Waals surface area contributed by atoms with E-state index in [2.05, 4.69) is 10.6 Å².